The van der Waals surface area contributed by atoms with Crippen molar-refractivity contribution in [2.75, 3.05) is 6.54 Å². The quantitative estimate of drug-likeness (QED) is 0.802. The molecule has 1 atom stereocenters. The van der Waals surface area contributed by atoms with Gasteiger partial charge in [-0.05, 0) is 11.1 Å². The van der Waals surface area contributed by atoms with Crippen LogP contribution in [-0.4, -0.2) is 35.3 Å². The van der Waals surface area contributed by atoms with Crippen molar-refractivity contribution in [2.24, 2.45) is 0 Å². The van der Waals surface area contributed by atoms with Gasteiger partial charge in [0.05, 0.1) is 13.0 Å². The van der Waals surface area contributed by atoms with E-state index in [1.807, 2.05) is 60.7 Å². The number of carbonyl (C=O) groups is 3. The van der Waals surface area contributed by atoms with Crippen LogP contribution in [0.3, 0.4) is 0 Å². The number of benzene rings is 2. The summed E-state index contributed by atoms with van der Waals surface area (Å²) in [5, 5.41) is 2.58. The van der Waals surface area contributed by atoms with Crippen LogP contribution in [0.1, 0.15) is 17.5 Å². The number of hydrogen-bond donors (Lipinski definition) is 1. The highest BCUT2D eigenvalue weighted by molar-refractivity contribution is 5.96. The van der Waals surface area contributed by atoms with E-state index in [0.717, 1.165) is 11.1 Å². The van der Waals surface area contributed by atoms with E-state index >= 15 is 0 Å². The highest BCUT2D eigenvalue weighted by Crippen LogP contribution is 2.12. The molecule has 2 aromatic carbocycles. The van der Waals surface area contributed by atoms with E-state index < -0.39 is 12.0 Å². The summed E-state index contributed by atoms with van der Waals surface area (Å²) >= 11 is 0. The Morgan fingerprint density at radius 3 is 2.27 bits per heavy atom. The van der Waals surface area contributed by atoms with E-state index in [4.69, 9.17) is 4.74 Å². The molecule has 0 aromatic heterocycles. The van der Waals surface area contributed by atoms with E-state index in [-0.39, 0.29) is 31.4 Å². The molecular weight excluding hydrogens is 332 g/mol. The largest absolute Gasteiger partial charge is 0.461 e. The van der Waals surface area contributed by atoms with Crippen molar-refractivity contribution in [1.29, 1.82) is 0 Å². The van der Waals surface area contributed by atoms with Crippen LogP contribution in [0.15, 0.2) is 60.7 Å². The first-order valence-electron chi connectivity index (χ1n) is 8.43. The SMILES string of the molecule is O=C1CN(Cc2ccccc2)C(=O)[C@@H](CC(=O)OCc2ccccc2)N1. The lowest BCUT2D eigenvalue weighted by atomic mass is 10.1. The van der Waals surface area contributed by atoms with E-state index in [1.165, 1.54) is 4.90 Å². The van der Waals surface area contributed by atoms with Gasteiger partial charge in [0.25, 0.3) is 0 Å². The van der Waals surface area contributed by atoms with Crippen LogP contribution in [0.4, 0.5) is 0 Å². The standard InChI is InChI=1S/C20H20N2O4/c23-18-13-22(12-15-7-3-1-4-8-15)20(25)17(21-18)11-19(24)26-14-16-9-5-2-6-10-16/h1-10,17H,11-14H2,(H,21,23)/t17-/m1/s1. The minimum Gasteiger partial charge on any atom is -0.461 e. The van der Waals surface area contributed by atoms with Crippen LogP contribution in [-0.2, 0) is 32.3 Å². The number of ether oxygens (including phenoxy) is 1. The number of piperazine rings is 1. The summed E-state index contributed by atoms with van der Waals surface area (Å²) in [6.07, 6.45) is -0.178. The van der Waals surface area contributed by atoms with E-state index in [1.54, 1.807) is 0 Å². The summed E-state index contributed by atoms with van der Waals surface area (Å²) < 4.78 is 5.21. The first-order valence-corrected chi connectivity index (χ1v) is 8.43. The van der Waals surface area contributed by atoms with Crippen molar-refractivity contribution >= 4 is 17.8 Å². The van der Waals surface area contributed by atoms with Crippen molar-refractivity contribution in [2.45, 2.75) is 25.6 Å². The summed E-state index contributed by atoms with van der Waals surface area (Å²) in [7, 11) is 0. The number of nitrogens with one attached hydrogen (secondary N) is 1. The van der Waals surface area contributed by atoms with E-state index in [2.05, 4.69) is 5.32 Å². The summed E-state index contributed by atoms with van der Waals surface area (Å²) in [5.41, 5.74) is 1.80. The van der Waals surface area contributed by atoms with Gasteiger partial charge in [0.15, 0.2) is 0 Å². The maximum Gasteiger partial charge on any atom is 0.308 e. The fourth-order valence-electron chi connectivity index (χ4n) is 2.81. The molecular formula is C20H20N2O4. The number of amides is 2. The molecule has 2 aromatic rings. The van der Waals surface area contributed by atoms with Crippen molar-refractivity contribution in [3.05, 3.63) is 71.8 Å². The molecule has 3 rings (SSSR count). The second-order valence-corrected chi connectivity index (χ2v) is 6.15. The van der Waals surface area contributed by atoms with Crippen LogP contribution in [0.25, 0.3) is 0 Å². The molecule has 0 saturated carbocycles. The molecule has 6 heteroatoms. The Hall–Kier alpha value is -3.15. The zero-order valence-electron chi connectivity index (χ0n) is 14.3. The molecule has 6 nitrogen and oxygen atoms in total. The van der Waals surface area contributed by atoms with Crippen molar-refractivity contribution in [3.8, 4) is 0 Å². The van der Waals surface area contributed by atoms with Gasteiger partial charge in [0, 0.05) is 6.54 Å². The van der Waals surface area contributed by atoms with Gasteiger partial charge in [-0.25, -0.2) is 0 Å². The summed E-state index contributed by atoms with van der Waals surface area (Å²) in [6, 6.07) is 17.8. The average Bonchev–Trinajstić information content (AvgIpc) is 2.65. The predicted octanol–water partition coefficient (Wildman–Crippen LogP) is 1.65. The molecule has 0 radical (unpaired) electrons. The van der Waals surface area contributed by atoms with Gasteiger partial charge in [0.2, 0.25) is 11.8 Å². The summed E-state index contributed by atoms with van der Waals surface area (Å²) in [6.45, 7) is 0.466. The molecule has 1 fully saturated rings. The fraction of sp³-hybridized carbons (Fsp3) is 0.250. The van der Waals surface area contributed by atoms with Crippen LogP contribution in [0.2, 0.25) is 0 Å². The lowest BCUT2D eigenvalue weighted by Crippen LogP contribution is -2.58. The van der Waals surface area contributed by atoms with Crippen LogP contribution < -0.4 is 5.32 Å². The highest BCUT2D eigenvalue weighted by Gasteiger charge is 2.34. The van der Waals surface area contributed by atoms with E-state index in [9.17, 15) is 14.4 Å². The number of nitrogens with zero attached hydrogens (tertiary/aromatic N) is 1. The molecule has 26 heavy (non-hydrogen) atoms. The van der Waals surface area contributed by atoms with Gasteiger partial charge in [-0.15, -0.1) is 0 Å². The zero-order chi connectivity index (χ0) is 18.4. The molecule has 2 amide bonds. The maximum atomic E-state index is 12.6. The molecule has 1 aliphatic heterocycles. The number of carbonyl (C=O) groups excluding carboxylic acids is 3. The first kappa shape index (κ1) is 17.7. The molecule has 0 aliphatic carbocycles. The highest BCUT2D eigenvalue weighted by atomic mass is 16.5. The zero-order valence-corrected chi connectivity index (χ0v) is 14.3. The molecule has 1 heterocycles. The Labute approximate surface area is 151 Å². The number of esters is 1. The Balaban J connectivity index is 1.57. The molecule has 0 unspecified atom stereocenters. The normalized spacial score (nSPS) is 16.9. The van der Waals surface area contributed by atoms with Crippen LogP contribution >= 0.6 is 0 Å². The molecule has 1 saturated heterocycles. The predicted molar refractivity (Wildman–Crippen MR) is 94.6 cm³/mol. The van der Waals surface area contributed by atoms with Gasteiger partial charge in [0.1, 0.15) is 12.6 Å². The molecule has 1 aliphatic rings. The second kappa shape index (κ2) is 8.29. The lowest BCUT2D eigenvalue weighted by molar-refractivity contribution is -0.152. The number of rotatable bonds is 6. The monoisotopic (exact) mass is 352 g/mol. The lowest BCUT2D eigenvalue weighted by Gasteiger charge is -2.32. The molecule has 1 N–H and O–H groups in total. The Bertz CT molecular complexity index is 777. The topological polar surface area (TPSA) is 75.7 Å². The molecule has 0 spiro atoms. The Kier molecular flexibility index (Phi) is 5.63. The Morgan fingerprint density at radius 2 is 1.62 bits per heavy atom. The summed E-state index contributed by atoms with van der Waals surface area (Å²) in [5.74, 6) is -1.07. The van der Waals surface area contributed by atoms with Gasteiger partial charge < -0.3 is 15.0 Å². The van der Waals surface area contributed by atoms with Gasteiger partial charge >= 0.3 is 5.97 Å². The minimum absolute atomic E-state index is 0.0106. The van der Waals surface area contributed by atoms with Crippen molar-refractivity contribution in [1.82, 2.24) is 10.2 Å². The Morgan fingerprint density at radius 1 is 1.00 bits per heavy atom. The third kappa shape index (κ3) is 4.69. The summed E-state index contributed by atoms with van der Waals surface area (Å²) in [4.78, 5) is 38.0. The minimum atomic E-state index is -0.886. The third-order valence-electron chi connectivity index (χ3n) is 4.11. The van der Waals surface area contributed by atoms with Gasteiger partial charge in [-0.1, -0.05) is 60.7 Å². The second-order valence-electron chi connectivity index (χ2n) is 6.15. The smallest absolute Gasteiger partial charge is 0.308 e. The average molecular weight is 352 g/mol. The molecule has 134 valence electrons. The van der Waals surface area contributed by atoms with Crippen LogP contribution in [0, 0.1) is 0 Å². The van der Waals surface area contributed by atoms with Crippen LogP contribution in [0.5, 0.6) is 0 Å². The van der Waals surface area contributed by atoms with E-state index in [0.29, 0.717) is 6.54 Å². The number of hydrogen-bond acceptors (Lipinski definition) is 4. The maximum absolute atomic E-state index is 12.6. The van der Waals surface area contributed by atoms with Gasteiger partial charge in [-0.3, -0.25) is 14.4 Å². The van der Waals surface area contributed by atoms with Crippen molar-refractivity contribution in [3.63, 3.8) is 0 Å². The van der Waals surface area contributed by atoms with Gasteiger partial charge in [-0.2, -0.15) is 0 Å². The fourth-order valence-corrected chi connectivity index (χ4v) is 2.81. The third-order valence-corrected chi connectivity index (χ3v) is 4.11. The van der Waals surface area contributed by atoms with Crippen molar-refractivity contribution < 1.29 is 19.1 Å². The first-order chi connectivity index (χ1) is 12.6. The molecule has 0 bridgehead atoms.